The molecule has 4 aromatic heterocycles. The molecular formula is C28H35N7O3. The van der Waals surface area contributed by atoms with Gasteiger partial charge in [0.05, 0.1) is 24.0 Å². The van der Waals surface area contributed by atoms with E-state index in [-0.39, 0.29) is 17.6 Å². The first kappa shape index (κ1) is 25.8. The number of anilines is 2. The van der Waals surface area contributed by atoms with Crippen molar-refractivity contribution in [2.45, 2.75) is 59.4 Å². The molecule has 200 valence electrons. The van der Waals surface area contributed by atoms with E-state index in [1.54, 1.807) is 31.5 Å². The molecule has 5 rings (SSSR count). The van der Waals surface area contributed by atoms with Crippen molar-refractivity contribution >= 4 is 28.7 Å². The third-order valence-electron chi connectivity index (χ3n) is 6.79. The average Bonchev–Trinajstić information content (AvgIpc) is 3.56. The number of carbonyl (C=O) groups is 1. The molecule has 38 heavy (non-hydrogen) atoms. The Morgan fingerprint density at radius 1 is 1.26 bits per heavy atom. The molecular weight excluding hydrogens is 482 g/mol. The molecule has 10 nitrogen and oxygen atoms in total. The second-order valence-electron chi connectivity index (χ2n) is 11.1. The van der Waals surface area contributed by atoms with Gasteiger partial charge in [0.15, 0.2) is 17.2 Å². The van der Waals surface area contributed by atoms with Gasteiger partial charge in [-0.1, -0.05) is 20.8 Å². The summed E-state index contributed by atoms with van der Waals surface area (Å²) in [5.41, 5.74) is 4.16. The minimum atomic E-state index is -0.0552. The fourth-order valence-corrected chi connectivity index (χ4v) is 4.85. The molecule has 0 spiro atoms. The van der Waals surface area contributed by atoms with E-state index in [1.165, 1.54) is 0 Å². The number of rotatable bonds is 8. The van der Waals surface area contributed by atoms with Crippen molar-refractivity contribution in [3.63, 3.8) is 0 Å². The van der Waals surface area contributed by atoms with Crippen LogP contribution in [0, 0.1) is 12.8 Å². The van der Waals surface area contributed by atoms with Gasteiger partial charge in [-0.05, 0) is 26.3 Å². The highest BCUT2D eigenvalue weighted by Crippen LogP contribution is 2.32. The van der Waals surface area contributed by atoms with Crippen LogP contribution in [0.1, 0.15) is 51.1 Å². The van der Waals surface area contributed by atoms with Crippen LogP contribution >= 0.6 is 0 Å². The SMILES string of the molecule is CC(=O)Cc1cc(Oc2cnc3nc(Nc4cc(C(C)(C)C)n(C[C@@H]5CCOC5)n4)n(C)c3c2C)ccn1. The fourth-order valence-electron chi connectivity index (χ4n) is 4.85. The lowest BCUT2D eigenvalue weighted by Gasteiger charge is -2.21. The van der Waals surface area contributed by atoms with Crippen molar-refractivity contribution in [3.8, 4) is 11.5 Å². The van der Waals surface area contributed by atoms with Crippen LogP contribution in [0.15, 0.2) is 30.6 Å². The maximum absolute atomic E-state index is 11.5. The monoisotopic (exact) mass is 517 g/mol. The van der Waals surface area contributed by atoms with E-state index in [0.717, 1.165) is 48.8 Å². The summed E-state index contributed by atoms with van der Waals surface area (Å²) in [6.45, 7) is 12.6. The first-order valence-corrected chi connectivity index (χ1v) is 13.0. The van der Waals surface area contributed by atoms with Gasteiger partial charge in [-0.3, -0.25) is 14.5 Å². The highest BCUT2D eigenvalue weighted by atomic mass is 16.5. The predicted octanol–water partition coefficient (Wildman–Crippen LogP) is 4.87. The number of imidazole rings is 1. The summed E-state index contributed by atoms with van der Waals surface area (Å²) in [4.78, 5) is 25.0. The molecule has 1 aliphatic rings. The third-order valence-corrected chi connectivity index (χ3v) is 6.79. The van der Waals surface area contributed by atoms with Crippen LogP contribution in [0.25, 0.3) is 11.2 Å². The van der Waals surface area contributed by atoms with Crippen LogP contribution in [0.5, 0.6) is 11.5 Å². The molecule has 0 saturated carbocycles. The summed E-state index contributed by atoms with van der Waals surface area (Å²) in [6.07, 6.45) is 4.65. The van der Waals surface area contributed by atoms with Gasteiger partial charge in [0.1, 0.15) is 11.5 Å². The Kier molecular flexibility index (Phi) is 6.92. The Morgan fingerprint density at radius 2 is 2.08 bits per heavy atom. The van der Waals surface area contributed by atoms with Crippen molar-refractivity contribution in [2.24, 2.45) is 13.0 Å². The third kappa shape index (κ3) is 5.40. The standard InChI is InChI=1S/C28H35N7O3/c1-17(36)11-20-12-21(7-9-29-20)38-22-14-30-26-25(18(22)2)34(6)27(32-26)31-24-13-23(28(3,4)5)35(33-24)15-19-8-10-37-16-19/h7,9,12-14,19H,8,10-11,15-16H2,1-6H3,(H,30,31,32,33)/t19-/m0/s1. The molecule has 0 bridgehead atoms. The zero-order valence-electron chi connectivity index (χ0n) is 22.9. The van der Waals surface area contributed by atoms with Crippen molar-refractivity contribution < 1.29 is 14.3 Å². The van der Waals surface area contributed by atoms with Crippen LogP contribution in [0.3, 0.4) is 0 Å². The molecule has 4 aromatic rings. The largest absolute Gasteiger partial charge is 0.455 e. The van der Waals surface area contributed by atoms with Crippen LogP contribution in [0.4, 0.5) is 11.8 Å². The lowest BCUT2D eigenvalue weighted by Crippen LogP contribution is -2.21. The van der Waals surface area contributed by atoms with Crippen molar-refractivity contribution in [1.29, 1.82) is 0 Å². The number of nitrogens with zero attached hydrogens (tertiary/aromatic N) is 6. The molecule has 0 aliphatic carbocycles. The predicted molar refractivity (Wildman–Crippen MR) is 145 cm³/mol. The maximum Gasteiger partial charge on any atom is 0.210 e. The molecule has 1 fully saturated rings. The Balaban J connectivity index is 1.42. The Hall–Kier alpha value is -3.79. The van der Waals surface area contributed by atoms with Gasteiger partial charge in [0.25, 0.3) is 0 Å². The van der Waals surface area contributed by atoms with E-state index >= 15 is 0 Å². The number of Topliss-reactive ketones (excluding diaryl/α,β-unsaturated/α-hetero) is 1. The minimum Gasteiger partial charge on any atom is -0.455 e. The van der Waals surface area contributed by atoms with Gasteiger partial charge in [0.2, 0.25) is 5.95 Å². The minimum absolute atomic E-state index is 0.0517. The average molecular weight is 518 g/mol. The van der Waals surface area contributed by atoms with E-state index in [2.05, 4.69) is 46.8 Å². The van der Waals surface area contributed by atoms with Crippen molar-refractivity contribution in [1.82, 2.24) is 29.3 Å². The summed E-state index contributed by atoms with van der Waals surface area (Å²) >= 11 is 0. The van der Waals surface area contributed by atoms with Gasteiger partial charge < -0.3 is 19.4 Å². The number of pyridine rings is 2. The maximum atomic E-state index is 11.5. The second kappa shape index (κ2) is 10.2. The molecule has 0 radical (unpaired) electrons. The molecule has 10 heteroatoms. The summed E-state index contributed by atoms with van der Waals surface area (Å²) < 4.78 is 15.8. The van der Waals surface area contributed by atoms with Crippen molar-refractivity contribution in [2.75, 3.05) is 18.5 Å². The second-order valence-corrected chi connectivity index (χ2v) is 11.1. The molecule has 1 saturated heterocycles. The number of carbonyl (C=O) groups excluding carboxylic acids is 1. The van der Waals surface area contributed by atoms with E-state index < -0.39 is 0 Å². The van der Waals surface area contributed by atoms with E-state index in [4.69, 9.17) is 19.6 Å². The Bertz CT molecular complexity index is 1480. The number of hydrogen-bond acceptors (Lipinski definition) is 8. The zero-order chi connectivity index (χ0) is 27.0. The Labute approximate surface area is 222 Å². The van der Waals surface area contributed by atoms with Gasteiger partial charge >= 0.3 is 0 Å². The molecule has 1 N–H and O–H groups in total. The number of aryl methyl sites for hydroxylation is 2. The van der Waals surface area contributed by atoms with Gasteiger partial charge in [-0.25, -0.2) is 4.98 Å². The van der Waals surface area contributed by atoms with Crippen LogP contribution < -0.4 is 10.1 Å². The first-order chi connectivity index (χ1) is 18.1. The van der Waals surface area contributed by atoms with Crippen LogP contribution in [0.2, 0.25) is 0 Å². The highest BCUT2D eigenvalue weighted by molar-refractivity contribution is 5.81. The van der Waals surface area contributed by atoms with Crippen LogP contribution in [-0.2, 0) is 35.0 Å². The highest BCUT2D eigenvalue weighted by Gasteiger charge is 2.25. The summed E-state index contributed by atoms with van der Waals surface area (Å²) in [5.74, 6) is 3.14. The smallest absolute Gasteiger partial charge is 0.210 e. The molecule has 1 atom stereocenters. The lowest BCUT2D eigenvalue weighted by molar-refractivity contribution is -0.116. The lowest BCUT2D eigenvalue weighted by atomic mass is 9.92. The molecule has 0 aromatic carbocycles. The van der Waals surface area contributed by atoms with Crippen LogP contribution in [-0.4, -0.2) is 48.3 Å². The van der Waals surface area contributed by atoms with E-state index in [1.807, 2.05) is 18.5 Å². The van der Waals surface area contributed by atoms with Gasteiger partial charge in [-0.15, -0.1) is 0 Å². The summed E-state index contributed by atoms with van der Waals surface area (Å²) in [7, 11) is 1.95. The normalized spacial score (nSPS) is 15.8. The molecule has 5 heterocycles. The number of hydrogen-bond donors (Lipinski definition) is 1. The number of ether oxygens (including phenoxy) is 2. The summed E-state index contributed by atoms with van der Waals surface area (Å²) in [5, 5.41) is 8.30. The number of fused-ring (bicyclic) bond motifs is 1. The topological polar surface area (TPSA) is 109 Å². The molecule has 0 unspecified atom stereocenters. The summed E-state index contributed by atoms with van der Waals surface area (Å²) in [6, 6.07) is 5.65. The van der Waals surface area contributed by atoms with Crippen molar-refractivity contribution in [3.05, 3.63) is 47.5 Å². The molecule has 1 aliphatic heterocycles. The van der Waals surface area contributed by atoms with E-state index in [0.29, 0.717) is 34.7 Å². The fraction of sp³-hybridized carbons (Fsp3) is 0.464. The van der Waals surface area contributed by atoms with Gasteiger partial charge in [0, 0.05) is 67.5 Å². The molecule has 0 amide bonds. The van der Waals surface area contributed by atoms with Gasteiger partial charge in [-0.2, -0.15) is 10.1 Å². The number of ketones is 1. The number of nitrogens with one attached hydrogen (secondary N) is 1. The number of aromatic nitrogens is 6. The van der Waals surface area contributed by atoms with E-state index in [9.17, 15) is 4.79 Å². The Morgan fingerprint density at radius 3 is 2.79 bits per heavy atom. The zero-order valence-corrected chi connectivity index (χ0v) is 22.9. The quantitative estimate of drug-likeness (QED) is 0.353. The first-order valence-electron chi connectivity index (χ1n) is 13.0.